The Kier molecular flexibility index (Phi) is 3.64. The average Bonchev–Trinajstić information content (AvgIpc) is 3.22. The molecule has 2 aromatic heterocycles. The van der Waals surface area contributed by atoms with Gasteiger partial charge in [-0.1, -0.05) is 6.92 Å². The molecular formula is C16H22N4O2. The van der Waals surface area contributed by atoms with Gasteiger partial charge in [0.05, 0.1) is 29.1 Å². The van der Waals surface area contributed by atoms with Crippen LogP contribution in [0.15, 0.2) is 12.4 Å². The molecule has 0 saturated heterocycles. The van der Waals surface area contributed by atoms with Gasteiger partial charge in [-0.15, -0.1) is 0 Å². The Morgan fingerprint density at radius 3 is 2.86 bits per heavy atom. The summed E-state index contributed by atoms with van der Waals surface area (Å²) in [5.41, 5.74) is 1.68. The van der Waals surface area contributed by atoms with E-state index >= 15 is 0 Å². The number of H-pyrrole nitrogens is 1. The monoisotopic (exact) mass is 302 g/mol. The van der Waals surface area contributed by atoms with Crippen molar-refractivity contribution >= 4 is 17.1 Å². The molecule has 1 aliphatic carbocycles. The molecule has 1 atom stereocenters. The predicted octanol–water partition coefficient (Wildman–Crippen LogP) is 2.11. The Balaban J connectivity index is 1.88. The molecule has 22 heavy (non-hydrogen) atoms. The van der Waals surface area contributed by atoms with Gasteiger partial charge in [0.25, 0.3) is 5.91 Å². The first-order chi connectivity index (χ1) is 10.4. The third-order valence-electron chi connectivity index (χ3n) is 4.21. The largest absolute Gasteiger partial charge is 0.388 e. The lowest BCUT2D eigenvalue weighted by atomic mass is 9.96. The molecule has 0 spiro atoms. The Morgan fingerprint density at radius 2 is 2.27 bits per heavy atom. The van der Waals surface area contributed by atoms with Crippen molar-refractivity contribution in [2.45, 2.75) is 57.6 Å². The smallest absolute Gasteiger partial charge is 0.255 e. The van der Waals surface area contributed by atoms with E-state index in [0.29, 0.717) is 29.1 Å². The SMILES string of the molecule is CC[C@H](NC(=O)c1c[nH]c2ncc(C3CC3)nc12)C(C)(C)O. The van der Waals surface area contributed by atoms with E-state index in [1.165, 1.54) is 0 Å². The number of hydrogen-bond acceptors (Lipinski definition) is 4. The van der Waals surface area contributed by atoms with E-state index in [4.69, 9.17) is 0 Å². The van der Waals surface area contributed by atoms with Crippen LogP contribution in [-0.2, 0) is 0 Å². The lowest BCUT2D eigenvalue weighted by molar-refractivity contribution is 0.0338. The maximum absolute atomic E-state index is 12.5. The number of fused-ring (bicyclic) bond motifs is 1. The number of aliphatic hydroxyl groups is 1. The minimum atomic E-state index is -0.971. The summed E-state index contributed by atoms with van der Waals surface area (Å²) in [5, 5.41) is 13.0. The molecule has 6 heteroatoms. The van der Waals surface area contributed by atoms with E-state index in [9.17, 15) is 9.90 Å². The second-order valence-electron chi connectivity index (χ2n) is 6.56. The predicted molar refractivity (Wildman–Crippen MR) is 83.7 cm³/mol. The number of hydrogen-bond donors (Lipinski definition) is 3. The first-order valence-electron chi connectivity index (χ1n) is 7.77. The lowest BCUT2D eigenvalue weighted by Crippen LogP contribution is -2.48. The molecular weight excluding hydrogens is 280 g/mol. The van der Waals surface area contributed by atoms with Gasteiger partial charge in [0.15, 0.2) is 5.65 Å². The number of amides is 1. The van der Waals surface area contributed by atoms with Crippen LogP contribution in [0.25, 0.3) is 11.2 Å². The molecule has 2 heterocycles. The molecule has 0 aromatic carbocycles. The Hall–Kier alpha value is -1.95. The van der Waals surface area contributed by atoms with E-state index in [0.717, 1.165) is 18.5 Å². The number of rotatable bonds is 5. The quantitative estimate of drug-likeness (QED) is 0.789. The number of aromatic amines is 1. The van der Waals surface area contributed by atoms with Crippen LogP contribution in [0.3, 0.4) is 0 Å². The molecule has 1 amide bonds. The molecule has 3 N–H and O–H groups in total. The molecule has 118 valence electrons. The first kappa shape index (κ1) is 15.0. The Labute approximate surface area is 129 Å². The minimum absolute atomic E-state index is 0.234. The highest BCUT2D eigenvalue weighted by atomic mass is 16.3. The van der Waals surface area contributed by atoms with Gasteiger partial charge in [-0.2, -0.15) is 0 Å². The second kappa shape index (κ2) is 5.35. The number of carbonyl (C=O) groups excluding carboxylic acids is 1. The van der Waals surface area contributed by atoms with Crippen LogP contribution in [-0.4, -0.2) is 37.6 Å². The van der Waals surface area contributed by atoms with Crippen molar-refractivity contribution < 1.29 is 9.90 Å². The minimum Gasteiger partial charge on any atom is -0.388 e. The highest BCUT2D eigenvalue weighted by molar-refractivity contribution is 6.04. The zero-order valence-corrected chi connectivity index (χ0v) is 13.2. The van der Waals surface area contributed by atoms with E-state index in [2.05, 4.69) is 20.3 Å². The van der Waals surface area contributed by atoms with Gasteiger partial charge in [0.1, 0.15) is 5.52 Å². The van der Waals surface area contributed by atoms with Crippen LogP contribution in [0.2, 0.25) is 0 Å². The molecule has 0 bridgehead atoms. The first-order valence-corrected chi connectivity index (χ1v) is 7.77. The zero-order valence-electron chi connectivity index (χ0n) is 13.2. The van der Waals surface area contributed by atoms with Crippen LogP contribution in [0.5, 0.6) is 0 Å². The summed E-state index contributed by atoms with van der Waals surface area (Å²) < 4.78 is 0. The van der Waals surface area contributed by atoms with Crippen molar-refractivity contribution in [2.75, 3.05) is 0 Å². The van der Waals surface area contributed by atoms with Crippen molar-refractivity contribution in [1.82, 2.24) is 20.3 Å². The molecule has 1 saturated carbocycles. The topological polar surface area (TPSA) is 90.9 Å². The molecule has 0 radical (unpaired) electrons. The Bertz CT molecular complexity index is 698. The molecule has 0 aliphatic heterocycles. The molecule has 1 fully saturated rings. The number of carbonyl (C=O) groups is 1. The summed E-state index contributed by atoms with van der Waals surface area (Å²) in [6, 6.07) is -0.315. The molecule has 3 rings (SSSR count). The van der Waals surface area contributed by atoms with Crippen molar-refractivity contribution in [3.05, 3.63) is 23.7 Å². The van der Waals surface area contributed by atoms with Gasteiger partial charge in [0, 0.05) is 12.1 Å². The fraction of sp³-hybridized carbons (Fsp3) is 0.562. The zero-order chi connectivity index (χ0) is 15.9. The standard InChI is InChI=1S/C16H22N4O2/c1-4-12(16(2,3)22)20-15(21)10-7-17-14-13(10)19-11(8-18-14)9-5-6-9/h7-9,12,22H,4-6H2,1-3H3,(H,17,18)(H,20,21)/t12-/m0/s1. The van der Waals surface area contributed by atoms with E-state index in [-0.39, 0.29) is 11.9 Å². The third-order valence-corrected chi connectivity index (χ3v) is 4.21. The molecule has 2 aromatic rings. The van der Waals surface area contributed by atoms with Crippen LogP contribution in [0, 0.1) is 0 Å². The maximum atomic E-state index is 12.5. The van der Waals surface area contributed by atoms with Crippen molar-refractivity contribution in [3.63, 3.8) is 0 Å². The van der Waals surface area contributed by atoms with Crippen molar-refractivity contribution in [1.29, 1.82) is 0 Å². The van der Waals surface area contributed by atoms with Crippen LogP contribution >= 0.6 is 0 Å². The maximum Gasteiger partial charge on any atom is 0.255 e. The van der Waals surface area contributed by atoms with Gasteiger partial charge < -0.3 is 15.4 Å². The lowest BCUT2D eigenvalue weighted by Gasteiger charge is -2.29. The molecule has 1 aliphatic rings. The van der Waals surface area contributed by atoms with Crippen molar-refractivity contribution in [2.24, 2.45) is 0 Å². The van der Waals surface area contributed by atoms with Gasteiger partial charge in [-0.25, -0.2) is 9.97 Å². The number of aromatic nitrogens is 3. The van der Waals surface area contributed by atoms with E-state index < -0.39 is 5.60 Å². The van der Waals surface area contributed by atoms with Crippen LogP contribution in [0.1, 0.15) is 62.0 Å². The summed E-state index contributed by atoms with van der Waals surface area (Å²) in [5.74, 6) is 0.255. The summed E-state index contributed by atoms with van der Waals surface area (Å²) in [6.45, 7) is 5.33. The Morgan fingerprint density at radius 1 is 1.55 bits per heavy atom. The van der Waals surface area contributed by atoms with Crippen molar-refractivity contribution in [3.8, 4) is 0 Å². The summed E-state index contributed by atoms with van der Waals surface area (Å²) >= 11 is 0. The number of nitrogens with one attached hydrogen (secondary N) is 2. The van der Waals surface area contributed by atoms with Crippen LogP contribution in [0.4, 0.5) is 0 Å². The molecule has 0 unspecified atom stereocenters. The molecule has 6 nitrogen and oxygen atoms in total. The van der Waals surface area contributed by atoms with Gasteiger partial charge in [-0.05, 0) is 33.1 Å². The highest BCUT2D eigenvalue weighted by Gasteiger charge is 2.29. The van der Waals surface area contributed by atoms with E-state index in [1.54, 1.807) is 26.2 Å². The third kappa shape index (κ3) is 2.83. The number of nitrogens with zero attached hydrogens (tertiary/aromatic N) is 2. The second-order valence-corrected chi connectivity index (χ2v) is 6.56. The average molecular weight is 302 g/mol. The fourth-order valence-corrected chi connectivity index (χ4v) is 2.67. The van der Waals surface area contributed by atoms with E-state index in [1.807, 2.05) is 6.92 Å². The normalized spacial score (nSPS) is 16.7. The summed E-state index contributed by atoms with van der Waals surface area (Å²) in [4.78, 5) is 24.5. The fourth-order valence-electron chi connectivity index (χ4n) is 2.67. The van der Waals surface area contributed by atoms with Gasteiger partial charge in [-0.3, -0.25) is 4.79 Å². The van der Waals surface area contributed by atoms with Gasteiger partial charge in [0.2, 0.25) is 0 Å². The summed E-state index contributed by atoms with van der Waals surface area (Å²) in [6.07, 6.45) is 6.35. The van der Waals surface area contributed by atoms with Gasteiger partial charge >= 0.3 is 0 Å². The summed E-state index contributed by atoms with van der Waals surface area (Å²) in [7, 11) is 0. The van der Waals surface area contributed by atoms with Crippen LogP contribution < -0.4 is 5.32 Å². The highest BCUT2D eigenvalue weighted by Crippen LogP contribution is 2.39.